The van der Waals surface area contributed by atoms with Crippen molar-refractivity contribution in [2.75, 3.05) is 20.3 Å². The molecule has 1 fully saturated rings. The molecule has 0 aliphatic carbocycles. The quantitative estimate of drug-likeness (QED) is 0.173. The SMILES string of the molecule is COC(=O)CCC1([N+](=O)[O-])CC[C@@](CO[C@H](C)c2cc(C(F)(F)F)cc(C(F)(F)F)c2)(c2ccccc2)NC1. The number of methoxy groups -OCH3 is 1. The summed E-state index contributed by atoms with van der Waals surface area (Å²) in [6.45, 7) is 1.00. The van der Waals surface area contributed by atoms with Gasteiger partial charge in [0.15, 0.2) is 0 Å². The van der Waals surface area contributed by atoms with Gasteiger partial charge in [0.25, 0.3) is 0 Å². The molecular weight excluding hydrogens is 534 g/mol. The molecule has 3 rings (SSSR count). The third-order valence-corrected chi connectivity index (χ3v) is 7.17. The van der Waals surface area contributed by atoms with E-state index >= 15 is 0 Å². The van der Waals surface area contributed by atoms with Crippen LogP contribution < -0.4 is 5.32 Å². The first-order valence-corrected chi connectivity index (χ1v) is 12.0. The summed E-state index contributed by atoms with van der Waals surface area (Å²) in [5.74, 6) is -0.590. The van der Waals surface area contributed by atoms with E-state index in [0.717, 1.165) is 0 Å². The van der Waals surface area contributed by atoms with Crippen molar-refractivity contribution in [1.82, 2.24) is 5.32 Å². The van der Waals surface area contributed by atoms with Crippen LogP contribution in [-0.4, -0.2) is 36.7 Å². The zero-order valence-electron chi connectivity index (χ0n) is 21.2. The molecule has 7 nitrogen and oxygen atoms in total. The fraction of sp³-hybridized carbons (Fsp3) is 0.500. The molecule has 0 spiro atoms. The van der Waals surface area contributed by atoms with Gasteiger partial charge in [-0.2, -0.15) is 26.3 Å². The summed E-state index contributed by atoms with van der Waals surface area (Å²) in [6.07, 6.45) is -11.2. The van der Waals surface area contributed by atoms with Gasteiger partial charge in [0.05, 0.1) is 49.5 Å². The molecule has 13 heteroatoms. The number of piperidine rings is 1. The molecule has 0 radical (unpaired) electrons. The second kappa shape index (κ2) is 11.5. The molecule has 2 aromatic carbocycles. The summed E-state index contributed by atoms with van der Waals surface area (Å²) in [5.41, 5.74) is -5.01. The number of ether oxygens (including phenoxy) is 2. The standard InChI is InChI=1S/C26H28F6N2O5/c1-17(18-12-20(25(27,28)29)14-21(13-18)26(30,31)32)39-16-24(19-6-4-3-5-7-19)11-10-23(15-33-24,34(36)37)9-8-22(35)38-2/h3-7,12-14,17,33H,8-11,15-16H2,1-2H3/t17-,23?,24-/m1/s1. The number of nitrogens with one attached hydrogen (secondary N) is 1. The Morgan fingerprint density at radius 3 is 2.10 bits per heavy atom. The number of carbonyl (C=O) groups excluding carboxylic acids is 1. The third-order valence-electron chi connectivity index (χ3n) is 7.17. The lowest BCUT2D eigenvalue weighted by molar-refractivity contribution is -0.573. The highest BCUT2D eigenvalue weighted by molar-refractivity contribution is 5.69. The van der Waals surface area contributed by atoms with Gasteiger partial charge in [-0.1, -0.05) is 30.3 Å². The van der Waals surface area contributed by atoms with Gasteiger partial charge in [-0.3, -0.25) is 20.2 Å². The van der Waals surface area contributed by atoms with Gasteiger partial charge in [-0.05, 0) is 42.7 Å². The van der Waals surface area contributed by atoms with Crippen LogP contribution in [0.25, 0.3) is 0 Å². The molecular formula is C26H28F6N2O5. The molecule has 1 unspecified atom stereocenters. The van der Waals surface area contributed by atoms with E-state index in [1.165, 1.54) is 14.0 Å². The Hall–Kier alpha value is -3.19. The number of hydrogen-bond donors (Lipinski definition) is 1. The van der Waals surface area contributed by atoms with Crippen molar-refractivity contribution in [3.63, 3.8) is 0 Å². The Bertz CT molecular complexity index is 1130. The second-order valence-corrected chi connectivity index (χ2v) is 9.65. The maximum absolute atomic E-state index is 13.3. The van der Waals surface area contributed by atoms with Crippen LogP contribution in [0.4, 0.5) is 26.3 Å². The van der Waals surface area contributed by atoms with Crippen LogP contribution in [0.1, 0.15) is 61.0 Å². The Morgan fingerprint density at radius 1 is 1.05 bits per heavy atom. The van der Waals surface area contributed by atoms with Crippen molar-refractivity contribution in [3.8, 4) is 0 Å². The molecule has 1 aliphatic rings. The van der Waals surface area contributed by atoms with Crippen molar-refractivity contribution in [1.29, 1.82) is 0 Å². The minimum atomic E-state index is -5.00. The Morgan fingerprint density at radius 2 is 1.64 bits per heavy atom. The summed E-state index contributed by atoms with van der Waals surface area (Å²) >= 11 is 0. The summed E-state index contributed by atoms with van der Waals surface area (Å²) in [6, 6.07) is 10.0. The summed E-state index contributed by atoms with van der Waals surface area (Å²) < 4.78 is 90.4. The molecule has 0 saturated carbocycles. The lowest BCUT2D eigenvalue weighted by atomic mass is 9.75. The van der Waals surface area contributed by atoms with Crippen LogP contribution in [0.15, 0.2) is 48.5 Å². The molecule has 1 heterocycles. The molecule has 0 bridgehead atoms. The normalized spacial score (nSPS) is 22.8. The Balaban J connectivity index is 1.88. The minimum absolute atomic E-state index is 0.0401. The lowest BCUT2D eigenvalue weighted by Gasteiger charge is -2.44. The molecule has 0 aromatic heterocycles. The van der Waals surface area contributed by atoms with E-state index in [2.05, 4.69) is 10.1 Å². The topological polar surface area (TPSA) is 90.7 Å². The van der Waals surface area contributed by atoms with Crippen molar-refractivity contribution in [2.45, 2.75) is 62.1 Å². The van der Waals surface area contributed by atoms with Crippen molar-refractivity contribution < 1.29 is 45.5 Å². The summed E-state index contributed by atoms with van der Waals surface area (Å²) in [4.78, 5) is 23.2. The zero-order valence-corrected chi connectivity index (χ0v) is 21.2. The predicted molar refractivity (Wildman–Crippen MR) is 127 cm³/mol. The first kappa shape index (κ1) is 30.4. The number of halogens is 6. The van der Waals surface area contributed by atoms with Gasteiger partial charge in [0.2, 0.25) is 5.54 Å². The van der Waals surface area contributed by atoms with E-state index in [-0.39, 0.29) is 50.5 Å². The lowest BCUT2D eigenvalue weighted by Crippen LogP contribution is -2.61. The maximum Gasteiger partial charge on any atom is 0.416 e. The summed E-state index contributed by atoms with van der Waals surface area (Å²) in [7, 11) is 1.18. The van der Waals surface area contributed by atoms with Crippen LogP contribution in [0, 0.1) is 10.1 Å². The second-order valence-electron chi connectivity index (χ2n) is 9.65. The number of benzene rings is 2. The largest absolute Gasteiger partial charge is 0.469 e. The number of esters is 1. The van der Waals surface area contributed by atoms with E-state index < -0.39 is 51.6 Å². The fourth-order valence-electron chi connectivity index (χ4n) is 4.64. The maximum atomic E-state index is 13.3. The van der Waals surface area contributed by atoms with Crippen LogP contribution in [-0.2, 0) is 32.2 Å². The molecule has 39 heavy (non-hydrogen) atoms. The number of carbonyl (C=O) groups is 1. The zero-order chi connectivity index (χ0) is 29.1. The average molecular weight is 563 g/mol. The van der Waals surface area contributed by atoms with E-state index in [9.17, 15) is 41.3 Å². The van der Waals surface area contributed by atoms with Gasteiger partial charge < -0.3 is 9.47 Å². The van der Waals surface area contributed by atoms with Crippen LogP contribution in [0.5, 0.6) is 0 Å². The summed E-state index contributed by atoms with van der Waals surface area (Å²) in [5, 5.41) is 15.2. The molecule has 1 aliphatic heterocycles. The molecule has 214 valence electrons. The van der Waals surface area contributed by atoms with Gasteiger partial charge in [0, 0.05) is 17.8 Å². The number of hydrogen-bond acceptors (Lipinski definition) is 6. The van der Waals surface area contributed by atoms with Crippen molar-refractivity contribution in [2.24, 2.45) is 0 Å². The Kier molecular flexibility index (Phi) is 8.95. The van der Waals surface area contributed by atoms with Crippen LogP contribution in [0.2, 0.25) is 0 Å². The molecule has 1 N–H and O–H groups in total. The van der Waals surface area contributed by atoms with Crippen LogP contribution >= 0.6 is 0 Å². The predicted octanol–water partition coefficient (Wildman–Crippen LogP) is 6.05. The minimum Gasteiger partial charge on any atom is -0.469 e. The van der Waals surface area contributed by atoms with E-state index in [1.807, 2.05) is 0 Å². The third kappa shape index (κ3) is 7.07. The highest BCUT2D eigenvalue weighted by Crippen LogP contribution is 2.41. The number of alkyl halides is 6. The highest BCUT2D eigenvalue weighted by atomic mass is 19.4. The average Bonchev–Trinajstić information content (AvgIpc) is 2.90. The molecule has 1 saturated heterocycles. The molecule has 0 amide bonds. The Labute approximate surface area is 220 Å². The monoisotopic (exact) mass is 562 g/mol. The van der Waals surface area contributed by atoms with Crippen molar-refractivity contribution >= 4 is 5.97 Å². The molecule has 3 atom stereocenters. The van der Waals surface area contributed by atoms with Gasteiger partial charge >= 0.3 is 18.3 Å². The van der Waals surface area contributed by atoms with Gasteiger partial charge in [0.1, 0.15) is 0 Å². The number of rotatable bonds is 9. The highest BCUT2D eigenvalue weighted by Gasteiger charge is 2.51. The van der Waals surface area contributed by atoms with Crippen molar-refractivity contribution in [3.05, 3.63) is 80.9 Å². The number of nitrogens with zero attached hydrogens (tertiary/aromatic N) is 1. The first-order chi connectivity index (χ1) is 18.1. The van der Waals surface area contributed by atoms with Crippen LogP contribution in [0.3, 0.4) is 0 Å². The fourth-order valence-corrected chi connectivity index (χ4v) is 4.64. The van der Waals surface area contributed by atoms with E-state index in [1.54, 1.807) is 30.3 Å². The first-order valence-electron chi connectivity index (χ1n) is 12.0. The van der Waals surface area contributed by atoms with E-state index in [4.69, 9.17) is 4.74 Å². The smallest absolute Gasteiger partial charge is 0.416 e. The van der Waals surface area contributed by atoms with Gasteiger partial charge in [-0.15, -0.1) is 0 Å². The number of nitro groups is 1. The molecule has 2 aromatic rings. The van der Waals surface area contributed by atoms with E-state index in [0.29, 0.717) is 17.7 Å². The van der Waals surface area contributed by atoms with Gasteiger partial charge in [-0.25, -0.2) is 0 Å².